The number of aliphatic hydroxyl groups is 5. The third-order valence-electron chi connectivity index (χ3n) is 10.5. The summed E-state index contributed by atoms with van der Waals surface area (Å²) in [5, 5.41) is 53.9. The van der Waals surface area contributed by atoms with Crippen LogP contribution in [0.3, 0.4) is 0 Å². The second-order valence-electron chi connectivity index (χ2n) is 12.9. The van der Waals surface area contributed by atoms with E-state index < -0.39 is 40.3 Å². The number of carbonyl (C=O) groups excluding carboxylic acids is 1. The number of allylic oxidation sites excluding steroid dienone is 1. The molecule has 0 radical (unpaired) electrons. The van der Waals surface area contributed by atoms with Crippen molar-refractivity contribution in [1.29, 1.82) is 0 Å². The molecule has 3 fully saturated rings. The van der Waals surface area contributed by atoms with Gasteiger partial charge in [-0.3, -0.25) is 4.79 Å². The monoisotopic (exact) mass is 464 g/mol. The van der Waals surface area contributed by atoms with Gasteiger partial charge < -0.3 is 25.5 Å². The predicted molar refractivity (Wildman–Crippen MR) is 125 cm³/mol. The minimum absolute atomic E-state index is 0.00888. The van der Waals surface area contributed by atoms with Crippen molar-refractivity contribution in [2.45, 2.75) is 115 Å². The van der Waals surface area contributed by atoms with Crippen molar-refractivity contribution in [3.8, 4) is 0 Å². The summed E-state index contributed by atoms with van der Waals surface area (Å²) < 4.78 is 0. The molecule has 0 saturated heterocycles. The minimum atomic E-state index is -1.10. The zero-order valence-electron chi connectivity index (χ0n) is 20.9. The maximum absolute atomic E-state index is 13.2. The molecule has 0 aromatic rings. The molecule has 0 heterocycles. The van der Waals surface area contributed by atoms with Gasteiger partial charge >= 0.3 is 0 Å². The van der Waals surface area contributed by atoms with Gasteiger partial charge in [0.2, 0.25) is 0 Å². The van der Waals surface area contributed by atoms with Gasteiger partial charge in [0.1, 0.15) is 0 Å². The predicted octanol–water partition coefficient (Wildman–Crippen LogP) is 2.74. The maximum Gasteiger partial charge on any atom is 0.159 e. The Morgan fingerprint density at radius 2 is 1.79 bits per heavy atom. The number of hydrogen-bond donors (Lipinski definition) is 5. The third-order valence-corrected chi connectivity index (χ3v) is 10.5. The van der Waals surface area contributed by atoms with Crippen molar-refractivity contribution in [3.05, 3.63) is 11.6 Å². The summed E-state index contributed by atoms with van der Waals surface area (Å²) in [5.74, 6) is -0.264. The largest absolute Gasteiger partial charge is 0.393 e. The summed E-state index contributed by atoms with van der Waals surface area (Å²) in [5.41, 5.74) is -2.01. The first-order chi connectivity index (χ1) is 15.1. The zero-order chi connectivity index (χ0) is 24.6. The topological polar surface area (TPSA) is 118 Å². The Kier molecular flexibility index (Phi) is 6.23. The molecule has 4 rings (SSSR count). The summed E-state index contributed by atoms with van der Waals surface area (Å²) in [6.07, 6.45) is 4.06. The quantitative estimate of drug-likeness (QED) is 0.427. The Morgan fingerprint density at radius 3 is 2.42 bits per heavy atom. The summed E-state index contributed by atoms with van der Waals surface area (Å²) in [6.45, 7) is 9.74. The summed E-state index contributed by atoms with van der Waals surface area (Å²) in [7, 11) is 0. The van der Waals surface area contributed by atoms with E-state index in [4.69, 9.17) is 0 Å². The van der Waals surface area contributed by atoms with Crippen LogP contribution in [0.15, 0.2) is 11.6 Å². The lowest BCUT2D eigenvalue weighted by molar-refractivity contribution is -0.154. The molecule has 4 aliphatic rings. The van der Waals surface area contributed by atoms with Crippen LogP contribution in [0, 0.1) is 34.5 Å². The molecule has 5 N–H and O–H groups in total. The van der Waals surface area contributed by atoms with Gasteiger partial charge in [-0.05, 0) is 100 Å². The molecule has 0 aromatic carbocycles. The molecular formula is C27H44O6. The van der Waals surface area contributed by atoms with Crippen LogP contribution < -0.4 is 0 Å². The Hall–Kier alpha value is -0.790. The first kappa shape index (κ1) is 25.3. The molecule has 6 nitrogen and oxygen atoms in total. The van der Waals surface area contributed by atoms with Gasteiger partial charge in [0.05, 0.1) is 29.5 Å². The number of carbonyl (C=O) groups is 1. The van der Waals surface area contributed by atoms with E-state index in [2.05, 4.69) is 20.8 Å². The smallest absolute Gasteiger partial charge is 0.159 e. The Balaban J connectivity index is 1.62. The molecule has 0 bridgehead atoms. The molecule has 6 heteroatoms. The van der Waals surface area contributed by atoms with Crippen LogP contribution in [0.2, 0.25) is 0 Å². The lowest BCUT2D eigenvalue weighted by Gasteiger charge is -2.60. The summed E-state index contributed by atoms with van der Waals surface area (Å²) >= 11 is 0. The zero-order valence-corrected chi connectivity index (χ0v) is 20.9. The van der Waals surface area contributed by atoms with Crippen LogP contribution in [-0.4, -0.2) is 60.8 Å². The van der Waals surface area contributed by atoms with Gasteiger partial charge in [0.15, 0.2) is 5.78 Å². The molecule has 4 aliphatic carbocycles. The van der Waals surface area contributed by atoms with E-state index in [-0.39, 0.29) is 35.9 Å². The first-order valence-corrected chi connectivity index (χ1v) is 12.9. The standard InChI is InChI=1S/C27H44O6/c1-15(20(28)8-9-24(2,3)32)16-7-11-27(33)18-12-21(29)19-13-22(30)23(31)14-25(19,4)17(18)6-10-26(16,27)5/h12,15-17,19-20,22-23,28,30-33H,6-11,13-14H2,1-5H3/t15-,16+,17-,19-,20-,22+,23-,25+,26+,27?/m0/s1. The fourth-order valence-corrected chi connectivity index (χ4v) is 8.29. The molecule has 10 atom stereocenters. The van der Waals surface area contributed by atoms with Crippen LogP contribution in [0.4, 0.5) is 0 Å². The summed E-state index contributed by atoms with van der Waals surface area (Å²) in [6, 6.07) is 0. The van der Waals surface area contributed by atoms with E-state index in [9.17, 15) is 30.3 Å². The lowest BCUT2D eigenvalue weighted by Crippen LogP contribution is -2.61. The van der Waals surface area contributed by atoms with Crippen molar-refractivity contribution in [3.63, 3.8) is 0 Å². The fourth-order valence-electron chi connectivity index (χ4n) is 8.29. The number of fused-ring (bicyclic) bond motifs is 5. The highest BCUT2D eigenvalue weighted by Gasteiger charge is 2.67. The van der Waals surface area contributed by atoms with Gasteiger partial charge in [-0.15, -0.1) is 0 Å². The van der Waals surface area contributed by atoms with E-state index in [1.807, 2.05) is 0 Å². The van der Waals surface area contributed by atoms with Gasteiger partial charge in [0, 0.05) is 11.3 Å². The SMILES string of the molecule is C[C@@H]([C@H]1CCC2(O)C3=CC(=O)[C@@H]4C[C@@H](O)[C@@H](O)C[C@]4(C)[C@H]3CC[C@]12C)[C@@H](O)CCC(C)(C)O. The second-order valence-corrected chi connectivity index (χ2v) is 12.9. The molecule has 0 aliphatic heterocycles. The highest BCUT2D eigenvalue weighted by atomic mass is 16.3. The molecule has 0 aromatic heterocycles. The Morgan fingerprint density at radius 1 is 1.12 bits per heavy atom. The van der Waals surface area contributed by atoms with Crippen molar-refractivity contribution in [2.75, 3.05) is 0 Å². The van der Waals surface area contributed by atoms with E-state index in [1.165, 1.54) is 0 Å². The molecular weight excluding hydrogens is 420 g/mol. The molecule has 0 spiro atoms. The van der Waals surface area contributed by atoms with Gasteiger partial charge in [-0.1, -0.05) is 20.8 Å². The van der Waals surface area contributed by atoms with Crippen molar-refractivity contribution < 1.29 is 30.3 Å². The Labute approximate surface area is 198 Å². The average molecular weight is 465 g/mol. The lowest BCUT2D eigenvalue weighted by atomic mass is 9.46. The fraction of sp³-hybridized carbons (Fsp3) is 0.889. The van der Waals surface area contributed by atoms with Crippen LogP contribution in [-0.2, 0) is 4.79 Å². The van der Waals surface area contributed by atoms with E-state index in [0.717, 1.165) is 24.8 Å². The van der Waals surface area contributed by atoms with Crippen LogP contribution in [0.5, 0.6) is 0 Å². The highest BCUT2D eigenvalue weighted by molar-refractivity contribution is 5.95. The van der Waals surface area contributed by atoms with E-state index in [1.54, 1.807) is 19.9 Å². The number of aliphatic hydroxyl groups excluding tert-OH is 3. The highest BCUT2D eigenvalue weighted by Crippen LogP contribution is 2.68. The third kappa shape index (κ3) is 3.85. The molecule has 33 heavy (non-hydrogen) atoms. The van der Waals surface area contributed by atoms with Gasteiger partial charge in [-0.25, -0.2) is 0 Å². The van der Waals surface area contributed by atoms with E-state index >= 15 is 0 Å². The molecule has 1 unspecified atom stereocenters. The van der Waals surface area contributed by atoms with Crippen molar-refractivity contribution in [2.24, 2.45) is 34.5 Å². The Bertz CT molecular complexity index is 816. The van der Waals surface area contributed by atoms with Crippen LogP contribution >= 0.6 is 0 Å². The average Bonchev–Trinajstić information content (AvgIpc) is 2.99. The van der Waals surface area contributed by atoms with Gasteiger partial charge in [0.25, 0.3) is 0 Å². The maximum atomic E-state index is 13.2. The van der Waals surface area contributed by atoms with Gasteiger partial charge in [-0.2, -0.15) is 0 Å². The first-order valence-electron chi connectivity index (χ1n) is 12.9. The molecule has 3 saturated carbocycles. The number of hydrogen-bond acceptors (Lipinski definition) is 6. The molecule has 188 valence electrons. The minimum Gasteiger partial charge on any atom is -0.393 e. The van der Waals surface area contributed by atoms with Crippen LogP contribution in [0.1, 0.15) is 86.0 Å². The number of ketones is 1. The van der Waals surface area contributed by atoms with Crippen LogP contribution in [0.25, 0.3) is 0 Å². The normalized spacial score (nSPS) is 47.3. The molecule has 0 amide bonds. The second kappa shape index (κ2) is 8.12. The number of rotatable bonds is 5. The summed E-state index contributed by atoms with van der Waals surface area (Å²) in [4.78, 5) is 13.2. The van der Waals surface area contributed by atoms with Crippen molar-refractivity contribution >= 4 is 5.78 Å². The van der Waals surface area contributed by atoms with Crippen molar-refractivity contribution in [1.82, 2.24) is 0 Å². The van der Waals surface area contributed by atoms with E-state index in [0.29, 0.717) is 25.7 Å².